The maximum absolute atomic E-state index is 9.67. The van der Waals surface area contributed by atoms with E-state index >= 15 is 0 Å². The van der Waals surface area contributed by atoms with Gasteiger partial charge in [0.05, 0.1) is 23.6 Å². The largest absolute Gasteiger partial charge is 0.508 e. The summed E-state index contributed by atoms with van der Waals surface area (Å²) in [5.41, 5.74) is 6.13. The zero-order valence-electron chi connectivity index (χ0n) is 14.1. The van der Waals surface area contributed by atoms with Crippen LogP contribution in [-0.2, 0) is 6.54 Å². The molecule has 2 bridgehead atoms. The molecule has 6 rings (SSSR count). The number of hydrogen-bond acceptors (Lipinski definition) is 3. The van der Waals surface area contributed by atoms with E-state index in [2.05, 4.69) is 33.8 Å². The van der Waals surface area contributed by atoms with Gasteiger partial charge >= 0.3 is 0 Å². The van der Waals surface area contributed by atoms with Crippen molar-refractivity contribution in [1.82, 2.24) is 9.78 Å². The Balaban J connectivity index is 1.67. The maximum atomic E-state index is 9.67. The summed E-state index contributed by atoms with van der Waals surface area (Å²) >= 11 is 0. The van der Waals surface area contributed by atoms with Crippen LogP contribution in [-0.4, -0.2) is 28.0 Å². The summed E-state index contributed by atoms with van der Waals surface area (Å²) in [4.78, 5) is 2.49. The zero-order valence-corrected chi connectivity index (χ0v) is 14.1. The van der Waals surface area contributed by atoms with Gasteiger partial charge < -0.3 is 10.0 Å². The third-order valence-corrected chi connectivity index (χ3v) is 5.47. The topological polar surface area (TPSA) is 41.3 Å². The molecule has 1 aromatic heterocycles. The van der Waals surface area contributed by atoms with Gasteiger partial charge in [-0.05, 0) is 42.7 Å². The lowest BCUT2D eigenvalue weighted by Gasteiger charge is -2.39. The van der Waals surface area contributed by atoms with E-state index in [0.29, 0.717) is 11.7 Å². The molecule has 0 atom stereocenters. The molecule has 0 unspecified atom stereocenters. The number of benzene rings is 2. The van der Waals surface area contributed by atoms with E-state index in [1.54, 1.807) is 12.1 Å². The number of aromatic hydroxyl groups is 1. The van der Waals surface area contributed by atoms with E-state index in [-0.39, 0.29) is 0 Å². The normalized spacial score (nSPS) is 16.2. The van der Waals surface area contributed by atoms with Gasteiger partial charge in [-0.1, -0.05) is 30.3 Å². The molecule has 2 aromatic carbocycles. The highest BCUT2D eigenvalue weighted by Gasteiger charge is 2.37. The van der Waals surface area contributed by atoms with Crippen molar-refractivity contribution < 1.29 is 5.11 Å². The van der Waals surface area contributed by atoms with Gasteiger partial charge in [0.2, 0.25) is 0 Å². The third kappa shape index (κ3) is 2.40. The molecule has 3 aliphatic heterocycles. The molecule has 0 amide bonds. The number of aromatic nitrogens is 2. The van der Waals surface area contributed by atoms with Crippen molar-refractivity contribution in [2.45, 2.75) is 25.3 Å². The van der Waals surface area contributed by atoms with Gasteiger partial charge in [-0.3, -0.25) is 4.68 Å². The monoisotopic (exact) mass is 331 g/mol. The summed E-state index contributed by atoms with van der Waals surface area (Å²) in [5, 5.41) is 14.7. The van der Waals surface area contributed by atoms with Crippen molar-refractivity contribution >= 4 is 5.69 Å². The molecule has 4 heterocycles. The molecule has 25 heavy (non-hydrogen) atoms. The van der Waals surface area contributed by atoms with E-state index in [4.69, 9.17) is 5.10 Å². The molecule has 1 saturated heterocycles. The highest BCUT2D eigenvalue weighted by atomic mass is 16.3. The first-order valence-corrected chi connectivity index (χ1v) is 8.98. The lowest BCUT2D eigenvalue weighted by molar-refractivity contribution is 0.463. The van der Waals surface area contributed by atoms with Crippen LogP contribution >= 0.6 is 0 Å². The molecule has 3 aliphatic rings. The maximum Gasteiger partial charge on any atom is 0.115 e. The number of fused-ring (bicyclic) bond motifs is 2. The Bertz CT molecular complexity index is 891. The molecule has 1 N–H and O–H groups in total. The Morgan fingerprint density at radius 1 is 0.960 bits per heavy atom. The fourth-order valence-electron chi connectivity index (χ4n) is 4.21. The minimum absolute atomic E-state index is 0.300. The van der Waals surface area contributed by atoms with Crippen LogP contribution in [0.25, 0.3) is 11.3 Å². The van der Waals surface area contributed by atoms with E-state index in [1.165, 1.54) is 35.5 Å². The van der Waals surface area contributed by atoms with Crippen molar-refractivity contribution in [3.8, 4) is 17.0 Å². The molecule has 1 fully saturated rings. The van der Waals surface area contributed by atoms with E-state index in [0.717, 1.165) is 25.2 Å². The Morgan fingerprint density at radius 2 is 1.68 bits per heavy atom. The van der Waals surface area contributed by atoms with E-state index < -0.39 is 0 Å². The first-order chi connectivity index (χ1) is 12.3. The van der Waals surface area contributed by atoms with Gasteiger partial charge in [0.25, 0.3) is 0 Å². The van der Waals surface area contributed by atoms with Crippen molar-refractivity contribution in [2.75, 3.05) is 18.0 Å². The van der Waals surface area contributed by atoms with Crippen LogP contribution in [0.1, 0.15) is 30.0 Å². The van der Waals surface area contributed by atoms with Gasteiger partial charge in [-0.25, -0.2) is 0 Å². The smallest absolute Gasteiger partial charge is 0.115 e. The predicted octanol–water partition coefficient (Wildman–Crippen LogP) is 4.00. The number of anilines is 1. The van der Waals surface area contributed by atoms with Crippen LogP contribution in [0.15, 0.2) is 54.6 Å². The number of nitrogens with zero attached hydrogens (tertiary/aromatic N) is 3. The summed E-state index contributed by atoms with van der Waals surface area (Å²) < 4.78 is 2.16. The van der Waals surface area contributed by atoms with Gasteiger partial charge in [0.1, 0.15) is 5.75 Å². The molecule has 4 heteroatoms. The number of hydrogen-bond donors (Lipinski definition) is 1. The van der Waals surface area contributed by atoms with Crippen LogP contribution < -0.4 is 4.90 Å². The highest BCUT2D eigenvalue weighted by molar-refractivity contribution is 5.80. The van der Waals surface area contributed by atoms with Gasteiger partial charge in [0, 0.05) is 24.6 Å². The summed E-state index contributed by atoms with van der Waals surface area (Å²) in [6.07, 6.45) is 2.43. The van der Waals surface area contributed by atoms with Crippen molar-refractivity contribution in [3.05, 3.63) is 65.9 Å². The van der Waals surface area contributed by atoms with Crippen LogP contribution in [0.3, 0.4) is 0 Å². The summed E-state index contributed by atoms with van der Waals surface area (Å²) in [7, 11) is 0. The Labute approximate surface area is 147 Å². The fourth-order valence-corrected chi connectivity index (χ4v) is 4.21. The minimum atomic E-state index is 0.300. The number of piperidine rings is 1. The standard InChI is InChI=1S/C21H21N3O/c25-18-8-6-17(7-9-18)20-21-19(16-10-12-23(21)13-11-16)22-24(20)14-15-4-2-1-3-5-15/h1-9,16,25H,10-14H2. The highest BCUT2D eigenvalue weighted by Crippen LogP contribution is 2.47. The summed E-state index contributed by atoms with van der Waals surface area (Å²) in [6, 6.07) is 18.0. The molecule has 0 aliphatic carbocycles. The summed E-state index contributed by atoms with van der Waals surface area (Å²) in [6.45, 7) is 3.02. The Hall–Kier alpha value is -2.75. The minimum Gasteiger partial charge on any atom is -0.508 e. The number of phenols is 1. The molecule has 0 spiro atoms. The summed E-state index contributed by atoms with van der Waals surface area (Å²) in [5.74, 6) is 0.890. The van der Waals surface area contributed by atoms with Crippen LogP contribution in [0.2, 0.25) is 0 Å². The second kappa shape index (κ2) is 5.66. The molecule has 0 radical (unpaired) electrons. The van der Waals surface area contributed by atoms with Crippen molar-refractivity contribution in [1.29, 1.82) is 0 Å². The van der Waals surface area contributed by atoms with Gasteiger partial charge in [0.15, 0.2) is 0 Å². The van der Waals surface area contributed by atoms with Crippen molar-refractivity contribution in [2.24, 2.45) is 0 Å². The Kier molecular flexibility index (Phi) is 3.30. The molecule has 126 valence electrons. The predicted molar refractivity (Wildman–Crippen MR) is 99.1 cm³/mol. The molecular formula is C21H21N3O. The van der Waals surface area contributed by atoms with E-state index in [9.17, 15) is 5.11 Å². The van der Waals surface area contributed by atoms with Crippen LogP contribution in [0.4, 0.5) is 5.69 Å². The zero-order chi connectivity index (χ0) is 16.8. The SMILES string of the molecule is Oc1ccc(-c2c3c(nn2Cc2ccccc2)C2CCN3CC2)cc1. The molecule has 4 nitrogen and oxygen atoms in total. The quantitative estimate of drug-likeness (QED) is 0.789. The third-order valence-electron chi connectivity index (χ3n) is 5.47. The number of phenolic OH excluding ortho intramolecular Hbond substituents is 1. The van der Waals surface area contributed by atoms with Crippen LogP contribution in [0.5, 0.6) is 5.75 Å². The average Bonchev–Trinajstić information content (AvgIpc) is 3.05. The lowest BCUT2D eigenvalue weighted by atomic mass is 9.86. The fraction of sp³-hybridized carbons (Fsp3) is 0.286. The first kappa shape index (κ1) is 14.6. The second-order valence-electron chi connectivity index (χ2n) is 7.03. The molecule has 0 saturated carbocycles. The van der Waals surface area contributed by atoms with E-state index in [1.807, 2.05) is 18.2 Å². The van der Waals surface area contributed by atoms with Gasteiger partial charge in [-0.2, -0.15) is 5.10 Å². The lowest BCUT2D eigenvalue weighted by Crippen LogP contribution is -2.38. The average molecular weight is 331 g/mol. The first-order valence-electron chi connectivity index (χ1n) is 8.98. The van der Waals surface area contributed by atoms with Crippen LogP contribution in [0, 0.1) is 0 Å². The molecule has 3 aromatic rings. The second-order valence-corrected chi connectivity index (χ2v) is 7.03. The molecular weight excluding hydrogens is 310 g/mol. The van der Waals surface area contributed by atoms with Gasteiger partial charge in [-0.15, -0.1) is 0 Å². The Morgan fingerprint density at radius 3 is 2.40 bits per heavy atom. The van der Waals surface area contributed by atoms with Crippen molar-refractivity contribution in [3.63, 3.8) is 0 Å². The number of rotatable bonds is 3.